The molecule has 5 rings (SSSR count). The molecule has 9 nitrogen and oxygen atoms in total. The highest BCUT2D eigenvalue weighted by atomic mass is 16.5. The van der Waals surface area contributed by atoms with Crippen molar-refractivity contribution in [2.24, 2.45) is 7.05 Å². The lowest BCUT2D eigenvalue weighted by molar-refractivity contribution is 0.413. The molecule has 2 aromatic carbocycles. The molecular weight excluding hydrogens is 396 g/mol. The maximum atomic E-state index is 12.7. The van der Waals surface area contributed by atoms with Gasteiger partial charge >= 0.3 is 11.2 Å². The Balaban J connectivity index is 2.08. The number of methoxy groups -OCH3 is 1. The van der Waals surface area contributed by atoms with E-state index in [4.69, 9.17) is 11.3 Å². The fraction of sp³-hybridized carbons (Fsp3) is 0.0909. The number of hydrogen-bond acceptors (Lipinski definition) is 4. The fourth-order valence-electron chi connectivity index (χ4n) is 3.83. The lowest BCUT2D eigenvalue weighted by Gasteiger charge is -2.13. The summed E-state index contributed by atoms with van der Waals surface area (Å²) in [6, 6.07) is 16.8. The molecule has 0 spiro atoms. The molecule has 0 unspecified atom stereocenters. The lowest BCUT2D eigenvalue weighted by Crippen LogP contribution is -2.28. The quantitative estimate of drug-likeness (QED) is 0.462. The maximum absolute atomic E-state index is 12.7. The van der Waals surface area contributed by atoms with E-state index in [-0.39, 0.29) is 17.0 Å². The van der Waals surface area contributed by atoms with Crippen molar-refractivity contribution in [1.82, 2.24) is 23.5 Å². The minimum atomic E-state index is -0.604. The zero-order valence-electron chi connectivity index (χ0n) is 16.7. The summed E-state index contributed by atoms with van der Waals surface area (Å²) in [4.78, 5) is 35.5. The molecule has 152 valence electrons. The Morgan fingerprint density at radius 1 is 1.06 bits per heavy atom. The third-order valence-electron chi connectivity index (χ3n) is 5.23. The minimum Gasteiger partial charge on any atom is -0.495 e. The van der Waals surface area contributed by atoms with Crippen LogP contribution < -0.4 is 16.0 Å². The van der Waals surface area contributed by atoms with E-state index in [2.05, 4.69) is 14.8 Å². The van der Waals surface area contributed by atoms with Crippen molar-refractivity contribution in [2.45, 2.75) is 0 Å². The monoisotopic (exact) mass is 412 g/mol. The van der Waals surface area contributed by atoms with Gasteiger partial charge in [0.05, 0.1) is 18.5 Å². The van der Waals surface area contributed by atoms with Crippen LogP contribution >= 0.6 is 0 Å². The first-order valence-corrected chi connectivity index (χ1v) is 9.39. The molecule has 0 saturated heterocycles. The second-order valence-electron chi connectivity index (χ2n) is 6.90. The molecule has 0 aliphatic heterocycles. The van der Waals surface area contributed by atoms with E-state index in [0.29, 0.717) is 22.9 Å². The van der Waals surface area contributed by atoms with Crippen LogP contribution in [0, 0.1) is 6.57 Å². The Bertz CT molecular complexity index is 1630. The zero-order chi connectivity index (χ0) is 21.7. The number of fused-ring (bicyclic) bond motifs is 3. The largest absolute Gasteiger partial charge is 0.495 e. The van der Waals surface area contributed by atoms with Gasteiger partial charge in [-0.1, -0.05) is 49.0 Å². The molecule has 0 saturated carbocycles. The number of H-pyrrole nitrogens is 1. The summed E-state index contributed by atoms with van der Waals surface area (Å²) in [5, 5.41) is 0. The SMILES string of the molecule is [C-]#[N+]c1c(-c2ccccc2)n(-c2ccccc2OC)c2nc3c(c(=O)[nH]c(=O)n3C)n12. The molecule has 0 fully saturated rings. The van der Waals surface area contributed by atoms with Crippen LogP contribution in [0.2, 0.25) is 0 Å². The minimum absolute atomic E-state index is 0.133. The number of aryl methyl sites for hydroxylation is 1. The summed E-state index contributed by atoms with van der Waals surface area (Å²) in [5.41, 5.74) is 1.14. The topological polar surface area (TPSA) is 90.7 Å². The number of hydrogen-bond donors (Lipinski definition) is 1. The number of rotatable bonds is 3. The Kier molecular flexibility index (Phi) is 4.01. The molecular formula is C22H16N6O3. The van der Waals surface area contributed by atoms with Gasteiger partial charge in [0.25, 0.3) is 11.6 Å². The molecule has 0 amide bonds. The van der Waals surface area contributed by atoms with Gasteiger partial charge < -0.3 is 9.58 Å². The van der Waals surface area contributed by atoms with Crippen molar-refractivity contribution < 1.29 is 4.74 Å². The molecule has 0 aliphatic carbocycles. The second-order valence-corrected chi connectivity index (χ2v) is 6.90. The maximum Gasteiger partial charge on any atom is 0.329 e. The lowest BCUT2D eigenvalue weighted by atomic mass is 10.1. The smallest absolute Gasteiger partial charge is 0.329 e. The Hall–Kier alpha value is -4.58. The second kappa shape index (κ2) is 6.74. The predicted molar refractivity (Wildman–Crippen MR) is 116 cm³/mol. The number of aromatic amines is 1. The highest BCUT2D eigenvalue weighted by molar-refractivity contribution is 5.87. The van der Waals surface area contributed by atoms with E-state index in [1.807, 2.05) is 54.6 Å². The van der Waals surface area contributed by atoms with Crippen LogP contribution in [0.1, 0.15) is 0 Å². The number of ether oxygens (including phenoxy) is 1. The molecule has 3 heterocycles. The molecule has 0 bridgehead atoms. The van der Waals surface area contributed by atoms with E-state index in [1.54, 1.807) is 11.7 Å². The Labute approximate surface area is 175 Å². The van der Waals surface area contributed by atoms with Crippen molar-refractivity contribution >= 4 is 22.8 Å². The van der Waals surface area contributed by atoms with Gasteiger partial charge in [0.1, 0.15) is 5.75 Å². The molecule has 31 heavy (non-hydrogen) atoms. The third kappa shape index (κ3) is 2.52. The third-order valence-corrected chi connectivity index (χ3v) is 5.23. The van der Waals surface area contributed by atoms with Crippen molar-refractivity contribution in [3.8, 4) is 22.7 Å². The zero-order valence-corrected chi connectivity index (χ0v) is 16.7. The normalized spacial score (nSPS) is 11.1. The average Bonchev–Trinajstić information content (AvgIpc) is 3.33. The first kappa shape index (κ1) is 18.4. The highest BCUT2D eigenvalue weighted by Crippen LogP contribution is 2.39. The van der Waals surface area contributed by atoms with E-state index in [9.17, 15) is 9.59 Å². The summed E-state index contributed by atoms with van der Waals surface area (Å²) in [6.07, 6.45) is 0. The van der Waals surface area contributed by atoms with Gasteiger partial charge in [0.15, 0.2) is 5.65 Å². The van der Waals surface area contributed by atoms with Gasteiger partial charge in [-0.2, -0.15) is 4.98 Å². The number of nitrogens with one attached hydrogen (secondary N) is 1. The van der Waals surface area contributed by atoms with E-state index < -0.39 is 11.2 Å². The van der Waals surface area contributed by atoms with Crippen LogP contribution in [-0.2, 0) is 7.05 Å². The van der Waals surface area contributed by atoms with Crippen LogP contribution in [0.3, 0.4) is 0 Å². The molecule has 1 N–H and O–H groups in total. The summed E-state index contributed by atoms with van der Waals surface area (Å²) >= 11 is 0. The van der Waals surface area contributed by atoms with Gasteiger partial charge in [0, 0.05) is 7.05 Å². The van der Waals surface area contributed by atoms with Crippen LogP contribution in [-0.4, -0.2) is 30.6 Å². The molecule has 3 aromatic heterocycles. The summed E-state index contributed by atoms with van der Waals surface area (Å²) in [7, 11) is 3.09. The van der Waals surface area contributed by atoms with Crippen molar-refractivity contribution in [3.05, 3.63) is 86.9 Å². The highest BCUT2D eigenvalue weighted by Gasteiger charge is 2.29. The number of para-hydroxylation sites is 2. The first-order chi connectivity index (χ1) is 15.1. The number of nitrogens with zero attached hydrogens (tertiary/aromatic N) is 5. The molecule has 0 atom stereocenters. The number of benzene rings is 2. The van der Waals surface area contributed by atoms with Crippen molar-refractivity contribution in [3.63, 3.8) is 0 Å². The van der Waals surface area contributed by atoms with Crippen LogP contribution in [0.5, 0.6) is 5.75 Å². The van der Waals surface area contributed by atoms with Crippen LogP contribution in [0.4, 0.5) is 5.82 Å². The van der Waals surface area contributed by atoms with Gasteiger partial charge in [0.2, 0.25) is 5.52 Å². The number of aromatic nitrogens is 5. The Morgan fingerprint density at radius 3 is 2.48 bits per heavy atom. The van der Waals surface area contributed by atoms with Crippen LogP contribution in [0.25, 0.3) is 38.7 Å². The van der Waals surface area contributed by atoms with E-state index in [0.717, 1.165) is 5.56 Å². The molecule has 0 radical (unpaired) electrons. The summed E-state index contributed by atoms with van der Waals surface area (Å²) in [6.45, 7) is 7.92. The van der Waals surface area contributed by atoms with Gasteiger partial charge in [-0.05, 0) is 17.7 Å². The standard InChI is InChI=1S/C22H16N6O3/c1-23-18-16(13-9-5-4-6-10-13)27(14-11-7-8-12-15(14)31-3)21-24-19-17(28(18)21)20(29)25-22(30)26(19)2/h4-12H,2-3H3,(H,25,29,30). The van der Waals surface area contributed by atoms with E-state index >= 15 is 0 Å². The predicted octanol–water partition coefficient (Wildman–Crippen LogP) is 2.89. The van der Waals surface area contributed by atoms with Crippen LogP contribution in [0.15, 0.2) is 64.2 Å². The van der Waals surface area contributed by atoms with E-state index in [1.165, 1.54) is 16.0 Å². The van der Waals surface area contributed by atoms with Crippen molar-refractivity contribution in [2.75, 3.05) is 7.11 Å². The summed E-state index contributed by atoms with van der Waals surface area (Å²) in [5.74, 6) is 1.11. The van der Waals surface area contributed by atoms with Crippen molar-refractivity contribution in [1.29, 1.82) is 0 Å². The van der Waals surface area contributed by atoms with Gasteiger partial charge in [-0.25, -0.2) is 9.20 Å². The molecule has 5 aromatic rings. The number of imidazole rings is 2. The van der Waals surface area contributed by atoms with Gasteiger partial charge in [-0.15, -0.1) is 0 Å². The average molecular weight is 412 g/mol. The molecule has 9 heteroatoms. The molecule has 0 aliphatic rings. The van der Waals surface area contributed by atoms with Gasteiger partial charge in [-0.3, -0.25) is 18.9 Å². The Morgan fingerprint density at radius 2 is 1.77 bits per heavy atom. The first-order valence-electron chi connectivity index (χ1n) is 9.39. The fourth-order valence-corrected chi connectivity index (χ4v) is 3.83. The summed E-state index contributed by atoms with van der Waals surface area (Å²) < 4.78 is 10.1.